The average molecular weight is 313 g/mol. The van der Waals surface area contributed by atoms with Gasteiger partial charge in [-0.05, 0) is 18.2 Å². The van der Waals surface area contributed by atoms with Gasteiger partial charge >= 0.3 is 0 Å². The van der Waals surface area contributed by atoms with Gasteiger partial charge in [-0.15, -0.1) is 0 Å². The lowest BCUT2D eigenvalue weighted by molar-refractivity contribution is 0.318. The predicted molar refractivity (Wildman–Crippen MR) is 69.4 cm³/mol. The van der Waals surface area contributed by atoms with Crippen LogP contribution in [0.3, 0.4) is 0 Å². The van der Waals surface area contributed by atoms with Crippen molar-refractivity contribution in [1.82, 2.24) is 9.97 Å². The Kier molecular flexibility index (Phi) is 3.70. The van der Waals surface area contributed by atoms with E-state index in [4.69, 9.17) is 10.9 Å². The highest BCUT2D eigenvalue weighted by molar-refractivity contribution is 9.10. The highest BCUT2D eigenvalue weighted by Gasteiger charge is 2.10. The van der Waals surface area contributed by atoms with E-state index in [2.05, 4.69) is 31.1 Å². The normalized spacial score (nSPS) is 11.7. The van der Waals surface area contributed by atoms with Crippen LogP contribution in [0.2, 0.25) is 0 Å². The zero-order valence-electron chi connectivity index (χ0n) is 8.59. The third-order valence-electron chi connectivity index (χ3n) is 2.01. The summed E-state index contributed by atoms with van der Waals surface area (Å²) in [6, 6.07) is 5.50. The van der Waals surface area contributed by atoms with Crippen molar-refractivity contribution in [2.24, 2.45) is 10.9 Å². The molecule has 0 amide bonds. The maximum atomic E-state index is 8.73. The molecule has 0 saturated carbocycles. The molecule has 0 aliphatic heterocycles. The number of hydrogen-bond donors (Lipinski definition) is 3. The molecule has 0 unspecified atom stereocenters. The first kappa shape index (κ1) is 12.0. The van der Waals surface area contributed by atoms with E-state index in [0.29, 0.717) is 5.56 Å². The smallest absolute Gasteiger partial charge is 0.171 e. The third-order valence-corrected chi connectivity index (χ3v) is 3.47. The van der Waals surface area contributed by atoms with Gasteiger partial charge in [0.1, 0.15) is 0 Å². The summed E-state index contributed by atoms with van der Waals surface area (Å²) in [6.07, 6.45) is 3.41. The van der Waals surface area contributed by atoms with Gasteiger partial charge in [-0.25, -0.2) is 4.98 Å². The number of nitrogens with zero attached hydrogens (tertiary/aromatic N) is 2. The Bertz CT molecular complexity index is 541. The van der Waals surface area contributed by atoms with Gasteiger partial charge in [0.2, 0.25) is 0 Å². The van der Waals surface area contributed by atoms with Crippen molar-refractivity contribution in [2.75, 3.05) is 0 Å². The lowest BCUT2D eigenvalue weighted by Gasteiger charge is -2.06. The number of amidine groups is 1. The van der Waals surface area contributed by atoms with E-state index in [0.717, 1.165) is 14.5 Å². The van der Waals surface area contributed by atoms with Crippen molar-refractivity contribution in [3.05, 3.63) is 40.6 Å². The van der Waals surface area contributed by atoms with E-state index in [1.54, 1.807) is 18.5 Å². The van der Waals surface area contributed by atoms with Crippen LogP contribution in [0.1, 0.15) is 5.56 Å². The van der Waals surface area contributed by atoms with Crippen molar-refractivity contribution >= 4 is 33.5 Å². The number of benzene rings is 1. The zero-order chi connectivity index (χ0) is 12.3. The minimum absolute atomic E-state index is 0.0755. The van der Waals surface area contributed by atoms with Crippen molar-refractivity contribution < 1.29 is 5.21 Å². The van der Waals surface area contributed by atoms with E-state index in [-0.39, 0.29) is 5.84 Å². The number of nitrogens with two attached hydrogens (primary N) is 1. The summed E-state index contributed by atoms with van der Waals surface area (Å²) < 4.78 is 0.918. The molecule has 0 saturated heterocycles. The molecule has 0 radical (unpaired) electrons. The molecule has 0 atom stereocenters. The SMILES string of the molecule is N/C(=N/O)c1ccc(Br)cc1Sc1ncc[nH]1. The fourth-order valence-corrected chi connectivity index (χ4v) is 2.69. The lowest BCUT2D eigenvalue weighted by Crippen LogP contribution is -2.14. The molecule has 2 aromatic rings. The minimum atomic E-state index is 0.0755. The second-order valence-electron chi connectivity index (χ2n) is 3.12. The molecule has 7 heteroatoms. The van der Waals surface area contributed by atoms with Gasteiger partial charge < -0.3 is 15.9 Å². The van der Waals surface area contributed by atoms with Crippen LogP contribution in [0.15, 0.2) is 50.3 Å². The van der Waals surface area contributed by atoms with Gasteiger partial charge in [-0.1, -0.05) is 32.8 Å². The quantitative estimate of drug-likeness (QED) is 0.351. The number of aromatic amines is 1. The number of H-pyrrole nitrogens is 1. The molecule has 0 fully saturated rings. The van der Waals surface area contributed by atoms with Crippen LogP contribution in [0.4, 0.5) is 0 Å². The summed E-state index contributed by atoms with van der Waals surface area (Å²) in [6.45, 7) is 0. The third kappa shape index (κ3) is 2.80. The molecule has 1 aromatic carbocycles. The fourth-order valence-electron chi connectivity index (χ4n) is 1.26. The Labute approximate surface area is 110 Å². The monoisotopic (exact) mass is 312 g/mol. The molecular weight excluding hydrogens is 304 g/mol. The first-order chi connectivity index (χ1) is 8.20. The molecule has 0 spiro atoms. The Hall–Kier alpha value is -1.47. The molecule has 0 aliphatic rings. The maximum Gasteiger partial charge on any atom is 0.171 e. The summed E-state index contributed by atoms with van der Waals surface area (Å²) >= 11 is 4.79. The van der Waals surface area contributed by atoms with E-state index in [1.165, 1.54) is 11.8 Å². The van der Waals surface area contributed by atoms with Gasteiger partial charge in [0.05, 0.1) is 0 Å². The zero-order valence-corrected chi connectivity index (χ0v) is 11.0. The van der Waals surface area contributed by atoms with Crippen LogP contribution in [0, 0.1) is 0 Å². The first-order valence-corrected chi connectivity index (χ1v) is 6.26. The Balaban J connectivity index is 2.40. The standard InChI is InChI=1S/C10H9BrN4OS/c11-6-1-2-7(9(12)15-16)8(5-6)17-10-13-3-4-14-10/h1-5,16H,(H2,12,15)(H,13,14). The molecular formula is C10H9BrN4OS. The molecule has 5 nitrogen and oxygen atoms in total. The summed E-state index contributed by atoms with van der Waals surface area (Å²) in [5, 5.41) is 12.5. The van der Waals surface area contributed by atoms with Crippen molar-refractivity contribution in [3.8, 4) is 0 Å². The molecule has 0 bridgehead atoms. The van der Waals surface area contributed by atoms with E-state index in [9.17, 15) is 0 Å². The van der Waals surface area contributed by atoms with Gasteiger partial charge in [0.25, 0.3) is 0 Å². The second-order valence-corrected chi connectivity index (χ2v) is 5.07. The van der Waals surface area contributed by atoms with Gasteiger partial charge in [0, 0.05) is 27.3 Å². The Morgan fingerprint density at radius 1 is 1.53 bits per heavy atom. The molecule has 1 aromatic heterocycles. The minimum Gasteiger partial charge on any atom is -0.409 e. The van der Waals surface area contributed by atoms with Gasteiger partial charge in [-0.2, -0.15) is 0 Å². The van der Waals surface area contributed by atoms with E-state index >= 15 is 0 Å². The predicted octanol–water partition coefficient (Wildman–Crippen LogP) is 2.42. The van der Waals surface area contributed by atoms with Crippen molar-refractivity contribution in [3.63, 3.8) is 0 Å². The molecule has 88 valence electrons. The number of imidazole rings is 1. The van der Waals surface area contributed by atoms with Gasteiger partial charge in [0.15, 0.2) is 11.0 Å². The highest BCUT2D eigenvalue weighted by atomic mass is 79.9. The molecule has 2 rings (SSSR count). The van der Waals surface area contributed by atoms with Crippen LogP contribution in [-0.2, 0) is 0 Å². The lowest BCUT2D eigenvalue weighted by atomic mass is 10.2. The largest absolute Gasteiger partial charge is 0.409 e. The second kappa shape index (κ2) is 5.24. The number of hydrogen-bond acceptors (Lipinski definition) is 4. The number of halogens is 1. The Morgan fingerprint density at radius 2 is 2.35 bits per heavy atom. The fraction of sp³-hybridized carbons (Fsp3) is 0. The average Bonchev–Trinajstić information content (AvgIpc) is 2.81. The molecule has 1 heterocycles. The number of nitrogens with one attached hydrogen (secondary N) is 1. The molecule has 4 N–H and O–H groups in total. The van der Waals surface area contributed by atoms with Crippen LogP contribution in [0.5, 0.6) is 0 Å². The maximum absolute atomic E-state index is 8.73. The van der Waals surface area contributed by atoms with Crippen LogP contribution < -0.4 is 5.73 Å². The summed E-state index contributed by atoms with van der Waals surface area (Å²) in [5.41, 5.74) is 6.28. The van der Waals surface area contributed by atoms with E-state index in [1.807, 2.05) is 12.1 Å². The number of oxime groups is 1. The molecule has 17 heavy (non-hydrogen) atoms. The van der Waals surface area contributed by atoms with Crippen LogP contribution in [0.25, 0.3) is 0 Å². The summed E-state index contributed by atoms with van der Waals surface area (Å²) in [5.74, 6) is 0.0755. The molecule has 0 aliphatic carbocycles. The Morgan fingerprint density at radius 3 is 3.00 bits per heavy atom. The van der Waals surface area contributed by atoms with Crippen LogP contribution >= 0.6 is 27.7 Å². The van der Waals surface area contributed by atoms with E-state index < -0.39 is 0 Å². The van der Waals surface area contributed by atoms with Crippen LogP contribution in [-0.4, -0.2) is 21.0 Å². The number of rotatable bonds is 3. The topological polar surface area (TPSA) is 87.3 Å². The van der Waals surface area contributed by atoms with Crippen molar-refractivity contribution in [2.45, 2.75) is 10.1 Å². The van der Waals surface area contributed by atoms with Crippen molar-refractivity contribution in [1.29, 1.82) is 0 Å². The summed E-state index contributed by atoms with van der Waals surface area (Å²) in [4.78, 5) is 7.95. The first-order valence-electron chi connectivity index (χ1n) is 4.65. The number of aromatic nitrogens is 2. The summed E-state index contributed by atoms with van der Waals surface area (Å²) in [7, 11) is 0. The highest BCUT2D eigenvalue weighted by Crippen LogP contribution is 2.30. The van der Waals surface area contributed by atoms with Gasteiger partial charge in [-0.3, -0.25) is 0 Å².